The summed E-state index contributed by atoms with van der Waals surface area (Å²) in [4.78, 5) is 17.3. The Hall–Kier alpha value is -3.48. The van der Waals surface area contributed by atoms with E-state index in [0.29, 0.717) is 23.6 Å². The maximum absolute atomic E-state index is 12.5. The van der Waals surface area contributed by atoms with E-state index in [0.717, 1.165) is 33.2 Å². The van der Waals surface area contributed by atoms with Gasteiger partial charge in [-0.2, -0.15) is 0 Å². The Morgan fingerprint density at radius 1 is 0.969 bits per heavy atom. The second-order valence-electron chi connectivity index (χ2n) is 8.45. The summed E-state index contributed by atoms with van der Waals surface area (Å²) >= 11 is 0. The summed E-state index contributed by atoms with van der Waals surface area (Å²) in [6.45, 7) is 3.92. The van der Waals surface area contributed by atoms with Gasteiger partial charge in [-0.3, -0.25) is 4.79 Å². The van der Waals surface area contributed by atoms with Crippen LogP contribution in [-0.2, 0) is 11.4 Å². The summed E-state index contributed by atoms with van der Waals surface area (Å²) in [6.07, 6.45) is 0.603. The summed E-state index contributed by atoms with van der Waals surface area (Å²) < 4.78 is 0. The molecular formula is C26H28N4O2. The van der Waals surface area contributed by atoms with Crippen LogP contribution >= 0.6 is 0 Å². The van der Waals surface area contributed by atoms with Crippen LogP contribution in [0.25, 0.3) is 21.8 Å². The van der Waals surface area contributed by atoms with Crippen molar-refractivity contribution < 1.29 is 9.90 Å². The van der Waals surface area contributed by atoms with E-state index in [-0.39, 0.29) is 12.5 Å². The van der Waals surface area contributed by atoms with E-state index in [2.05, 4.69) is 10.6 Å². The van der Waals surface area contributed by atoms with E-state index >= 15 is 0 Å². The molecule has 0 aliphatic heterocycles. The Morgan fingerprint density at radius 3 is 2.16 bits per heavy atom. The number of hydrogen-bond acceptors (Lipinski definition) is 5. The predicted octanol–water partition coefficient (Wildman–Crippen LogP) is 4.94. The first-order valence-corrected chi connectivity index (χ1v) is 10.8. The van der Waals surface area contributed by atoms with Crippen LogP contribution in [-0.4, -0.2) is 22.0 Å². The number of rotatable bonds is 7. The molecule has 0 radical (unpaired) electrons. The number of carbonyl (C=O) groups excluding carboxylic acids is 1. The molecule has 0 aliphatic rings. The lowest BCUT2D eigenvalue weighted by Crippen LogP contribution is -2.36. The summed E-state index contributed by atoms with van der Waals surface area (Å²) in [5.41, 5.74) is 10.8. The number of aliphatic hydroxyl groups excluding tert-OH is 1. The first-order chi connectivity index (χ1) is 15.4. The fourth-order valence-electron chi connectivity index (χ4n) is 3.90. The molecule has 0 bridgehead atoms. The first kappa shape index (κ1) is 21.7. The topological polar surface area (TPSA) is 100 Å². The van der Waals surface area contributed by atoms with Crippen LogP contribution in [0, 0.1) is 5.92 Å². The van der Waals surface area contributed by atoms with Crippen molar-refractivity contribution in [2.75, 3.05) is 10.6 Å². The summed E-state index contributed by atoms with van der Waals surface area (Å²) in [5, 5.41) is 18.2. The molecule has 0 spiro atoms. The lowest BCUT2D eigenvalue weighted by molar-refractivity contribution is -0.117. The molecule has 6 heteroatoms. The van der Waals surface area contributed by atoms with E-state index in [1.165, 1.54) is 0 Å². The average molecular weight is 429 g/mol. The van der Waals surface area contributed by atoms with Gasteiger partial charge in [-0.05, 0) is 48.2 Å². The van der Waals surface area contributed by atoms with Crippen molar-refractivity contribution in [2.24, 2.45) is 11.7 Å². The van der Waals surface area contributed by atoms with Gasteiger partial charge in [0.15, 0.2) is 0 Å². The number of amides is 1. The molecule has 1 aromatic heterocycles. The minimum Gasteiger partial charge on any atom is -0.392 e. The number of hydrogen-bond donors (Lipinski definition) is 4. The van der Waals surface area contributed by atoms with E-state index in [9.17, 15) is 9.90 Å². The molecule has 0 unspecified atom stereocenters. The monoisotopic (exact) mass is 428 g/mol. The molecule has 4 aromatic rings. The number of nitrogens with two attached hydrogens (primary N) is 1. The zero-order chi connectivity index (χ0) is 22.7. The minimum absolute atomic E-state index is 0.145. The maximum atomic E-state index is 12.5. The highest BCUT2D eigenvalue weighted by Gasteiger charge is 2.16. The number of anilines is 3. The number of nitrogens with one attached hydrogen (secondary N) is 2. The number of para-hydroxylation sites is 2. The van der Waals surface area contributed by atoms with Gasteiger partial charge in [0.05, 0.1) is 29.4 Å². The molecule has 32 heavy (non-hydrogen) atoms. The van der Waals surface area contributed by atoms with Gasteiger partial charge in [0.2, 0.25) is 5.91 Å². The molecule has 1 amide bonds. The molecule has 6 nitrogen and oxygen atoms in total. The van der Waals surface area contributed by atoms with Crippen molar-refractivity contribution in [2.45, 2.75) is 32.9 Å². The van der Waals surface area contributed by atoms with Crippen LogP contribution in [0.3, 0.4) is 0 Å². The highest BCUT2D eigenvalue weighted by molar-refractivity contribution is 6.08. The zero-order valence-corrected chi connectivity index (χ0v) is 18.3. The predicted molar refractivity (Wildman–Crippen MR) is 131 cm³/mol. The average Bonchev–Trinajstić information content (AvgIpc) is 2.78. The van der Waals surface area contributed by atoms with Gasteiger partial charge in [0.1, 0.15) is 0 Å². The largest absolute Gasteiger partial charge is 0.392 e. The fourth-order valence-corrected chi connectivity index (χ4v) is 3.90. The molecule has 0 saturated carbocycles. The van der Waals surface area contributed by atoms with E-state index in [4.69, 9.17) is 10.7 Å². The van der Waals surface area contributed by atoms with Gasteiger partial charge in [-0.25, -0.2) is 4.98 Å². The van der Waals surface area contributed by atoms with Gasteiger partial charge in [-0.15, -0.1) is 0 Å². The highest BCUT2D eigenvalue weighted by Crippen LogP contribution is 2.34. The van der Waals surface area contributed by atoms with Crippen molar-refractivity contribution in [1.82, 2.24) is 4.98 Å². The van der Waals surface area contributed by atoms with Gasteiger partial charge in [-0.1, -0.05) is 50.2 Å². The molecule has 1 heterocycles. The van der Waals surface area contributed by atoms with Gasteiger partial charge >= 0.3 is 0 Å². The Balaban J connectivity index is 1.72. The Morgan fingerprint density at radius 2 is 1.56 bits per heavy atom. The zero-order valence-electron chi connectivity index (χ0n) is 18.3. The molecule has 164 valence electrons. The molecule has 0 fully saturated rings. The van der Waals surface area contributed by atoms with Gasteiger partial charge in [0.25, 0.3) is 0 Å². The Kier molecular flexibility index (Phi) is 6.35. The fraction of sp³-hybridized carbons (Fsp3) is 0.231. The van der Waals surface area contributed by atoms with Gasteiger partial charge in [0, 0.05) is 22.1 Å². The van der Waals surface area contributed by atoms with Crippen molar-refractivity contribution >= 4 is 44.8 Å². The quantitative estimate of drug-likeness (QED) is 0.313. The van der Waals surface area contributed by atoms with Crippen molar-refractivity contribution in [3.8, 4) is 0 Å². The summed E-state index contributed by atoms with van der Waals surface area (Å²) in [6, 6.07) is 20.8. The smallest absolute Gasteiger partial charge is 0.241 e. The van der Waals surface area contributed by atoms with Crippen molar-refractivity contribution in [3.05, 3.63) is 72.3 Å². The number of aromatic nitrogens is 1. The van der Waals surface area contributed by atoms with Gasteiger partial charge < -0.3 is 21.5 Å². The SMILES string of the molecule is CC(C)C[C@H](N)C(=O)Nc1cc(CO)cc(Nc2c3ccccc3nc3ccccc23)c1. The van der Waals surface area contributed by atoms with E-state index in [1.807, 2.05) is 74.5 Å². The summed E-state index contributed by atoms with van der Waals surface area (Å²) in [7, 11) is 0. The third kappa shape index (κ3) is 4.72. The lowest BCUT2D eigenvalue weighted by Gasteiger charge is -2.17. The van der Waals surface area contributed by atoms with Crippen molar-refractivity contribution in [1.29, 1.82) is 0 Å². The molecule has 0 saturated heterocycles. The number of aliphatic hydroxyl groups is 1. The van der Waals surface area contributed by atoms with Crippen LogP contribution < -0.4 is 16.4 Å². The normalized spacial score (nSPS) is 12.3. The van der Waals surface area contributed by atoms with Crippen molar-refractivity contribution in [3.63, 3.8) is 0 Å². The van der Waals surface area contributed by atoms with Crippen LogP contribution in [0.2, 0.25) is 0 Å². The Bertz CT molecular complexity index is 1220. The number of pyridine rings is 1. The highest BCUT2D eigenvalue weighted by atomic mass is 16.3. The molecule has 1 atom stereocenters. The third-order valence-corrected chi connectivity index (χ3v) is 5.36. The number of benzene rings is 3. The molecule has 5 N–H and O–H groups in total. The standard InChI is InChI=1S/C26H28N4O2/c1-16(2)11-22(27)26(32)29-19-13-17(15-31)12-18(14-19)28-25-20-7-3-5-9-23(20)30-24-10-6-4-8-21(24)25/h3-10,12-14,16,22,31H,11,15,27H2,1-2H3,(H,28,30)(H,29,32)/t22-/m0/s1. The third-order valence-electron chi connectivity index (χ3n) is 5.36. The molecule has 3 aromatic carbocycles. The molecule has 4 rings (SSSR count). The lowest BCUT2D eigenvalue weighted by atomic mass is 10.0. The first-order valence-electron chi connectivity index (χ1n) is 10.8. The van der Waals surface area contributed by atoms with Crippen LogP contribution in [0.5, 0.6) is 0 Å². The summed E-state index contributed by atoms with van der Waals surface area (Å²) in [5.74, 6) is 0.0876. The second-order valence-corrected chi connectivity index (χ2v) is 8.45. The minimum atomic E-state index is -0.586. The molecule has 0 aliphatic carbocycles. The maximum Gasteiger partial charge on any atom is 0.241 e. The van der Waals surface area contributed by atoms with Crippen LogP contribution in [0.1, 0.15) is 25.8 Å². The van der Waals surface area contributed by atoms with Crippen LogP contribution in [0.15, 0.2) is 66.7 Å². The Labute approximate surface area is 187 Å². The number of carbonyl (C=O) groups is 1. The second kappa shape index (κ2) is 9.34. The molecular weight excluding hydrogens is 400 g/mol. The number of nitrogens with zero attached hydrogens (tertiary/aromatic N) is 1. The van der Waals surface area contributed by atoms with E-state index < -0.39 is 6.04 Å². The number of fused-ring (bicyclic) bond motifs is 2. The van der Waals surface area contributed by atoms with Crippen LogP contribution in [0.4, 0.5) is 17.1 Å². The van der Waals surface area contributed by atoms with E-state index in [1.54, 1.807) is 6.07 Å².